The van der Waals surface area contributed by atoms with Crippen molar-refractivity contribution in [1.29, 1.82) is 0 Å². The molecule has 0 radical (unpaired) electrons. The third kappa shape index (κ3) is 4.20. The molecular weight excluding hydrogens is 293 g/mol. The molecule has 0 bridgehead atoms. The molecule has 1 atom stereocenters. The second kappa shape index (κ2) is 6.59. The molecule has 3 nitrogen and oxygen atoms in total. The first kappa shape index (κ1) is 15.3. The van der Waals surface area contributed by atoms with Gasteiger partial charge >= 0.3 is 0 Å². The minimum atomic E-state index is -0.685. The number of amides is 1. The van der Waals surface area contributed by atoms with Crippen LogP contribution >= 0.6 is 11.6 Å². The Kier molecular flexibility index (Phi) is 4.81. The maximum absolute atomic E-state index is 12.8. The van der Waals surface area contributed by atoms with Crippen LogP contribution in [0.2, 0.25) is 5.02 Å². The lowest BCUT2D eigenvalue weighted by Crippen LogP contribution is -2.30. The van der Waals surface area contributed by atoms with Crippen molar-refractivity contribution in [3.05, 3.63) is 58.9 Å². The van der Waals surface area contributed by atoms with Gasteiger partial charge in [-0.2, -0.15) is 0 Å². The maximum atomic E-state index is 12.8. The topological polar surface area (TPSA) is 38.3 Å². The number of anilines is 1. The molecule has 0 heterocycles. The Morgan fingerprint density at radius 2 is 1.90 bits per heavy atom. The Bertz CT molecular complexity index is 643. The van der Waals surface area contributed by atoms with E-state index in [0.717, 1.165) is 5.56 Å². The molecule has 0 spiro atoms. The Morgan fingerprint density at radius 3 is 2.52 bits per heavy atom. The molecule has 0 aliphatic heterocycles. The first-order valence-corrected chi connectivity index (χ1v) is 6.83. The normalized spacial score (nSPS) is 11.8. The van der Waals surface area contributed by atoms with Crippen LogP contribution in [0.5, 0.6) is 5.75 Å². The SMILES string of the molecule is Cc1cc(Cl)ccc1O[C@@H](C)C(=O)Nc1ccc(F)cc1. The lowest BCUT2D eigenvalue weighted by atomic mass is 10.2. The second-order valence-corrected chi connectivity index (χ2v) is 5.10. The predicted molar refractivity (Wildman–Crippen MR) is 81.3 cm³/mol. The van der Waals surface area contributed by atoms with Gasteiger partial charge in [0.15, 0.2) is 6.10 Å². The first-order chi connectivity index (χ1) is 9.95. The Morgan fingerprint density at radius 1 is 1.24 bits per heavy atom. The van der Waals surface area contributed by atoms with E-state index in [0.29, 0.717) is 16.5 Å². The zero-order valence-corrected chi connectivity index (χ0v) is 12.4. The summed E-state index contributed by atoms with van der Waals surface area (Å²) in [5.74, 6) is -0.0637. The average Bonchev–Trinajstić information content (AvgIpc) is 2.44. The van der Waals surface area contributed by atoms with Crippen LogP contribution in [0.1, 0.15) is 12.5 Å². The molecule has 2 aromatic carbocycles. The van der Waals surface area contributed by atoms with Crippen LogP contribution in [0.25, 0.3) is 0 Å². The summed E-state index contributed by atoms with van der Waals surface area (Å²) in [6.07, 6.45) is -0.685. The van der Waals surface area contributed by atoms with Crippen LogP contribution in [0.4, 0.5) is 10.1 Å². The van der Waals surface area contributed by atoms with E-state index < -0.39 is 6.10 Å². The molecule has 0 unspecified atom stereocenters. The maximum Gasteiger partial charge on any atom is 0.265 e. The monoisotopic (exact) mass is 307 g/mol. The summed E-state index contributed by atoms with van der Waals surface area (Å²) in [6.45, 7) is 3.50. The highest BCUT2D eigenvalue weighted by molar-refractivity contribution is 6.30. The van der Waals surface area contributed by atoms with Crippen LogP contribution in [-0.4, -0.2) is 12.0 Å². The molecular formula is C16H15ClFNO2. The molecule has 0 aromatic heterocycles. The zero-order valence-electron chi connectivity index (χ0n) is 11.7. The highest BCUT2D eigenvalue weighted by Gasteiger charge is 2.16. The van der Waals surface area contributed by atoms with Crippen LogP contribution in [-0.2, 0) is 4.79 Å². The van der Waals surface area contributed by atoms with Crippen LogP contribution in [0, 0.1) is 12.7 Å². The van der Waals surface area contributed by atoms with E-state index in [1.165, 1.54) is 24.3 Å². The smallest absolute Gasteiger partial charge is 0.265 e. The average molecular weight is 308 g/mol. The number of hydrogen-bond donors (Lipinski definition) is 1. The fourth-order valence-corrected chi connectivity index (χ4v) is 1.99. The molecule has 0 fully saturated rings. The summed E-state index contributed by atoms with van der Waals surface area (Å²) in [5.41, 5.74) is 1.37. The summed E-state index contributed by atoms with van der Waals surface area (Å²) in [4.78, 5) is 12.0. The Labute approximate surface area is 127 Å². The largest absolute Gasteiger partial charge is 0.481 e. The molecule has 0 aliphatic rings. The molecule has 0 saturated heterocycles. The van der Waals surface area contributed by atoms with Crippen LogP contribution in [0.3, 0.4) is 0 Å². The minimum Gasteiger partial charge on any atom is -0.481 e. The number of ether oxygens (including phenoxy) is 1. The van der Waals surface area contributed by atoms with Gasteiger partial charge in [0.05, 0.1) is 0 Å². The predicted octanol–water partition coefficient (Wildman–Crippen LogP) is 4.19. The lowest BCUT2D eigenvalue weighted by Gasteiger charge is -2.16. The van der Waals surface area contributed by atoms with Crippen molar-refractivity contribution in [2.24, 2.45) is 0 Å². The molecule has 0 saturated carbocycles. The summed E-state index contributed by atoms with van der Waals surface area (Å²) in [6, 6.07) is 10.7. The van der Waals surface area contributed by atoms with E-state index in [1.807, 2.05) is 6.92 Å². The number of hydrogen-bond acceptors (Lipinski definition) is 2. The number of carbonyl (C=O) groups excluding carboxylic acids is 1. The van der Waals surface area contributed by atoms with E-state index in [1.54, 1.807) is 25.1 Å². The number of halogens is 2. The Hall–Kier alpha value is -2.07. The number of benzene rings is 2. The van der Waals surface area contributed by atoms with Crippen LogP contribution in [0.15, 0.2) is 42.5 Å². The van der Waals surface area contributed by atoms with Crippen molar-refractivity contribution in [2.45, 2.75) is 20.0 Å². The van der Waals surface area contributed by atoms with Crippen molar-refractivity contribution >= 4 is 23.2 Å². The highest BCUT2D eigenvalue weighted by atomic mass is 35.5. The summed E-state index contributed by atoms with van der Waals surface area (Å²) >= 11 is 5.87. The second-order valence-electron chi connectivity index (χ2n) is 4.67. The van der Waals surface area contributed by atoms with E-state index in [9.17, 15) is 9.18 Å². The molecule has 110 valence electrons. The van der Waals surface area contributed by atoms with Crippen molar-refractivity contribution < 1.29 is 13.9 Å². The van der Waals surface area contributed by atoms with Crippen molar-refractivity contribution in [2.75, 3.05) is 5.32 Å². The van der Waals surface area contributed by atoms with Gasteiger partial charge in [0.25, 0.3) is 5.91 Å². The summed E-state index contributed by atoms with van der Waals surface area (Å²) < 4.78 is 18.4. The molecule has 5 heteroatoms. The number of nitrogens with one attached hydrogen (secondary N) is 1. The van der Waals surface area contributed by atoms with Gasteiger partial charge in [-0.05, 0) is 61.9 Å². The van der Waals surface area contributed by atoms with Gasteiger partial charge in [-0.15, -0.1) is 0 Å². The van der Waals surface area contributed by atoms with Crippen molar-refractivity contribution in [3.8, 4) is 5.75 Å². The number of rotatable bonds is 4. The van der Waals surface area contributed by atoms with Gasteiger partial charge in [0, 0.05) is 10.7 Å². The highest BCUT2D eigenvalue weighted by Crippen LogP contribution is 2.23. The van der Waals surface area contributed by atoms with Gasteiger partial charge in [-0.25, -0.2) is 4.39 Å². The number of carbonyl (C=O) groups is 1. The van der Waals surface area contributed by atoms with E-state index in [-0.39, 0.29) is 11.7 Å². The summed E-state index contributed by atoms with van der Waals surface area (Å²) in [7, 11) is 0. The third-order valence-corrected chi connectivity index (χ3v) is 3.16. The Balaban J connectivity index is 2.00. The van der Waals surface area contributed by atoms with E-state index in [4.69, 9.17) is 16.3 Å². The van der Waals surface area contributed by atoms with E-state index in [2.05, 4.69) is 5.32 Å². The lowest BCUT2D eigenvalue weighted by molar-refractivity contribution is -0.122. The zero-order chi connectivity index (χ0) is 15.4. The van der Waals surface area contributed by atoms with Crippen molar-refractivity contribution in [3.63, 3.8) is 0 Å². The quantitative estimate of drug-likeness (QED) is 0.919. The minimum absolute atomic E-state index is 0.309. The van der Waals surface area contributed by atoms with Gasteiger partial charge < -0.3 is 10.1 Å². The molecule has 1 N–H and O–H groups in total. The molecule has 2 aromatic rings. The third-order valence-electron chi connectivity index (χ3n) is 2.92. The molecule has 21 heavy (non-hydrogen) atoms. The van der Waals surface area contributed by atoms with E-state index >= 15 is 0 Å². The fraction of sp³-hybridized carbons (Fsp3) is 0.188. The van der Waals surface area contributed by atoms with Crippen LogP contribution < -0.4 is 10.1 Å². The van der Waals surface area contributed by atoms with Crippen molar-refractivity contribution in [1.82, 2.24) is 0 Å². The van der Waals surface area contributed by atoms with Gasteiger partial charge in [0.2, 0.25) is 0 Å². The van der Waals surface area contributed by atoms with Gasteiger partial charge in [0.1, 0.15) is 11.6 Å². The fourth-order valence-electron chi connectivity index (χ4n) is 1.77. The summed E-state index contributed by atoms with van der Waals surface area (Å²) in [5, 5.41) is 3.28. The van der Waals surface area contributed by atoms with Gasteiger partial charge in [-0.1, -0.05) is 11.6 Å². The standard InChI is InChI=1S/C16H15ClFNO2/c1-10-9-12(17)3-8-15(10)21-11(2)16(20)19-14-6-4-13(18)5-7-14/h3-9,11H,1-2H3,(H,19,20)/t11-/m0/s1. The van der Waals surface area contributed by atoms with Gasteiger partial charge in [-0.3, -0.25) is 4.79 Å². The molecule has 1 amide bonds. The molecule has 0 aliphatic carbocycles. The first-order valence-electron chi connectivity index (χ1n) is 6.45. The number of aryl methyl sites for hydroxylation is 1. The molecule has 2 rings (SSSR count).